The van der Waals surface area contributed by atoms with Crippen molar-refractivity contribution in [2.24, 2.45) is 0 Å². The van der Waals surface area contributed by atoms with Crippen molar-refractivity contribution in [3.8, 4) is 22.6 Å². The van der Waals surface area contributed by atoms with Crippen LogP contribution in [-0.2, 0) is 0 Å². The second kappa shape index (κ2) is 6.22. The molecule has 0 saturated heterocycles. The van der Waals surface area contributed by atoms with Gasteiger partial charge in [-0.1, -0.05) is 41.9 Å². The molecule has 4 aromatic rings. The number of halogens is 1. The Labute approximate surface area is 142 Å². The van der Waals surface area contributed by atoms with Crippen LogP contribution in [0.4, 0.5) is 11.7 Å². The lowest BCUT2D eigenvalue weighted by molar-refractivity contribution is 0.558. The highest BCUT2D eigenvalue weighted by Crippen LogP contribution is 2.31. The Morgan fingerprint density at radius 2 is 1.88 bits per heavy atom. The summed E-state index contributed by atoms with van der Waals surface area (Å²) in [6.07, 6.45) is 4.60. The second-order valence-electron chi connectivity index (χ2n) is 5.09. The van der Waals surface area contributed by atoms with Crippen LogP contribution in [0.15, 0.2) is 76.2 Å². The standard InChI is InChI=1S/C18H12ClN3O2/c19-15-8-13(6-7-14(15)16-10-23-11-21-16)22-18-20-9-17(24-18)12-4-2-1-3-5-12/h1-11H,(H,20,22). The number of rotatable bonds is 4. The molecule has 6 heteroatoms. The Morgan fingerprint density at radius 3 is 2.62 bits per heavy atom. The fourth-order valence-corrected chi connectivity index (χ4v) is 2.61. The van der Waals surface area contributed by atoms with E-state index in [1.165, 1.54) is 6.39 Å². The Hall–Kier alpha value is -3.05. The van der Waals surface area contributed by atoms with Gasteiger partial charge in [0, 0.05) is 16.8 Å². The molecule has 2 aromatic carbocycles. The number of benzene rings is 2. The van der Waals surface area contributed by atoms with Gasteiger partial charge in [0.25, 0.3) is 6.01 Å². The van der Waals surface area contributed by atoms with Crippen LogP contribution in [0.25, 0.3) is 22.6 Å². The molecule has 0 saturated carbocycles. The molecule has 0 unspecified atom stereocenters. The van der Waals surface area contributed by atoms with E-state index in [0.29, 0.717) is 22.5 Å². The summed E-state index contributed by atoms with van der Waals surface area (Å²) in [6, 6.07) is 15.7. The molecule has 4 rings (SSSR count). The van der Waals surface area contributed by atoms with E-state index in [2.05, 4.69) is 15.3 Å². The van der Waals surface area contributed by atoms with Crippen molar-refractivity contribution in [2.45, 2.75) is 0 Å². The van der Waals surface area contributed by atoms with E-state index in [1.54, 1.807) is 18.5 Å². The minimum atomic E-state index is 0.402. The molecule has 24 heavy (non-hydrogen) atoms. The molecular formula is C18H12ClN3O2. The third-order valence-electron chi connectivity index (χ3n) is 3.49. The monoisotopic (exact) mass is 337 g/mol. The van der Waals surface area contributed by atoms with Crippen LogP contribution in [0.1, 0.15) is 0 Å². The lowest BCUT2D eigenvalue weighted by atomic mass is 10.1. The molecule has 0 amide bonds. The highest BCUT2D eigenvalue weighted by Gasteiger charge is 2.10. The molecule has 0 radical (unpaired) electrons. The molecular weight excluding hydrogens is 326 g/mol. The lowest BCUT2D eigenvalue weighted by Crippen LogP contribution is -1.90. The van der Waals surface area contributed by atoms with Gasteiger partial charge in [-0.15, -0.1) is 0 Å². The maximum atomic E-state index is 6.32. The van der Waals surface area contributed by atoms with Gasteiger partial charge in [-0.05, 0) is 18.2 Å². The number of nitrogens with zero attached hydrogens (tertiary/aromatic N) is 2. The van der Waals surface area contributed by atoms with E-state index in [4.69, 9.17) is 20.4 Å². The van der Waals surface area contributed by atoms with Crippen LogP contribution in [0.2, 0.25) is 5.02 Å². The zero-order valence-corrected chi connectivity index (χ0v) is 13.2. The summed E-state index contributed by atoms with van der Waals surface area (Å²) in [5, 5.41) is 3.66. The van der Waals surface area contributed by atoms with Gasteiger partial charge in [0.2, 0.25) is 0 Å². The molecule has 0 spiro atoms. The molecule has 0 bridgehead atoms. The number of hydrogen-bond donors (Lipinski definition) is 1. The summed E-state index contributed by atoms with van der Waals surface area (Å²) < 4.78 is 10.7. The molecule has 2 heterocycles. The van der Waals surface area contributed by atoms with Gasteiger partial charge in [0.1, 0.15) is 12.0 Å². The van der Waals surface area contributed by atoms with Gasteiger partial charge >= 0.3 is 0 Å². The summed E-state index contributed by atoms with van der Waals surface area (Å²) in [5.41, 5.74) is 3.23. The molecule has 1 N–H and O–H groups in total. The summed E-state index contributed by atoms with van der Waals surface area (Å²) >= 11 is 6.32. The molecule has 2 aromatic heterocycles. The van der Waals surface area contributed by atoms with Crippen molar-refractivity contribution >= 4 is 23.3 Å². The third kappa shape index (κ3) is 2.89. The Morgan fingerprint density at radius 1 is 1.00 bits per heavy atom. The van der Waals surface area contributed by atoms with E-state index in [9.17, 15) is 0 Å². The quantitative estimate of drug-likeness (QED) is 0.540. The molecule has 5 nitrogen and oxygen atoms in total. The van der Waals surface area contributed by atoms with Crippen LogP contribution in [-0.4, -0.2) is 9.97 Å². The van der Waals surface area contributed by atoms with E-state index in [0.717, 1.165) is 16.8 Å². The summed E-state index contributed by atoms with van der Waals surface area (Å²) in [7, 11) is 0. The maximum Gasteiger partial charge on any atom is 0.299 e. The first-order valence-electron chi connectivity index (χ1n) is 7.26. The van der Waals surface area contributed by atoms with Gasteiger partial charge < -0.3 is 14.2 Å². The molecule has 118 valence electrons. The Balaban J connectivity index is 1.56. The summed E-state index contributed by atoms with van der Waals surface area (Å²) in [4.78, 5) is 8.34. The number of oxazole rings is 2. The fraction of sp³-hybridized carbons (Fsp3) is 0. The summed E-state index contributed by atoms with van der Waals surface area (Å²) in [5.74, 6) is 0.698. The van der Waals surface area contributed by atoms with Crippen molar-refractivity contribution in [1.82, 2.24) is 9.97 Å². The van der Waals surface area contributed by atoms with Gasteiger partial charge in [-0.2, -0.15) is 0 Å². The zero-order valence-electron chi connectivity index (χ0n) is 12.4. The lowest BCUT2D eigenvalue weighted by Gasteiger charge is -2.05. The Kier molecular flexibility index (Phi) is 3.76. The van der Waals surface area contributed by atoms with E-state index in [-0.39, 0.29) is 0 Å². The molecule has 0 aliphatic carbocycles. The first-order valence-corrected chi connectivity index (χ1v) is 7.64. The van der Waals surface area contributed by atoms with E-state index < -0.39 is 0 Å². The molecule has 0 fully saturated rings. The third-order valence-corrected chi connectivity index (χ3v) is 3.81. The van der Waals surface area contributed by atoms with Crippen molar-refractivity contribution < 1.29 is 8.83 Å². The average Bonchev–Trinajstić information content (AvgIpc) is 3.28. The first kappa shape index (κ1) is 14.5. The number of hydrogen-bond acceptors (Lipinski definition) is 5. The number of aromatic nitrogens is 2. The van der Waals surface area contributed by atoms with Crippen LogP contribution >= 0.6 is 11.6 Å². The molecule has 0 atom stereocenters. The van der Waals surface area contributed by atoms with Crippen molar-refractivity contribution in [3.63, 3.8) is 0 Å². The van der Waals surface area contributed by atoms with Gasteiger partial charge in [0.05, 0.1) is 11.2 Å². The van der Waals surface area contributed by atoms with Crippen molar-refractivity contribution in [3.05, 3.63) is 72.4 Å². The van der Waals surface area contributed by atoms with Crippen molar-refractivity contribution in [2.75, 3.05) is 5.32 Å². The first-order chi connectivity index (χ1) is 11.8. The molecule has 0 aliphatic rings. The smallest absolute Gasteiger partial charge is 0.299 e. The Bertz CT molecular complexity index is 950. The predicted octanol–water partition coefficient (Wildman–Crippen LogP) is 5.39. The second-order valence-corrected chi connectivity index (χ2v) is 5.50. The van der Waals surface area contributed by atoms with Crippen LogP contribution in [0.3, 0.4) is 0 Å². The highest BCUT2D eigenvalue weighted by molar-refractivity contribution is 6.33. The summed E-state index contributed by atoms with van der Waals surface area (Å²) in [6.45, 7) is 0. The maximum absolute atomic E-state index is 6.32. The largest absolute Gasteiger partial charge is 0.451 e. The van der Waals surface area contributed by atoms with Gasteiger partial charge in [-0.25, -0.2) is 9.97 Å². The topological polar surface area (TPSA) is 64.1 Å². The number of nitrogens with one attached hydrogen (secondary N) is 1. The van der Waals surface area contributed by atoms with Gasteiger partial charge in [-0.3, -0.25) is 0 Å². The highest BCUT2D eigenvalue weighted by atomic mass is 35.5. The van der Waals surface area contributed by atoms with Crippen molar-refractivity contribution in [1.29, 1.82) is 0 Å². The van der Waals surface area contributed by atoms with Crippen LogP contribution in [0.5, 0.6) is 0 Å². The fourth-order valence-electron chi connectivity index (χ4n) is 2.34. The predicted molar refractivity (Wildman–Crippen MR) is 92.2 cm³/mol. The average molecular weight is 338 g/mol. The SMILES string of the molecule is Clc1cc(Nc2ncc(-c3ccccc3)o2)ccc1-c1cocn1. The minimum absolute atomic E-state index is 0.402. The van der Waals surface area contributed by atoms with E-state index >= 15 is 0 Å². The minimum Gasteiger partial charge on any atom is -0.451 e. The van der Waals surface area contributed by atoms with E-state index in [1.807, 2.05) is 42.5 Å². The van der Waals surface area contributed by atoms with Crippen LogP contribution < -0.4 is 5.32 Å². The normalized spacial score (nSPS) is 10.7. The zero-order chi connectivity index (χ0) is 16.4. The van der Waals surface area contributed by atoms with Gasteiger partial charge in [0.15, 0.2) is 12.2 Å². The molecule has 0 aliphatic heterocycles. The van der Waals surface area contributed by atoms with Crippen LogP contribution in [0, 0.1) is 0 Å². The number of anilines is 2.